The smallest absolute Gasteiger partial charge is 0.247 e. The van der Waals surface area contributed by atoms with Crippen LogP contribution in [-0.4, -0.2) is 41.1 Å². The summed E-state index contributed by atoms with van der Waals surface area (Å²) in [5, 5.41) is 9.14. The van der Waals surface area contributed by atoms with Gasteiger partial charge in [0.1, 0.15) is 0 Å². The van der Waals surface area contributed by atoms with Crippen molar-refractivity contribution in [2.75, 3.05) is 24.9 Å². The van der Waals surface area contributed by atoms with Crippen molar-refractivity contribution in [1.82, 2.24) is 15.2 Å². The number of fused-ring (bicyclic) bond motifs is 3. The lowest BCUT2D eigenvalue weighted by Gasteiger charge is -2.30. The summed E-state index contributed by atoms with van der Waals surface area (Å²) in [5.74, 6) is 2.01. The van der Waals surface area contributed by atoms with Crippen LogP contribution in [0.3, 0.4) is 0 Å². The third kappa shape index (κ3) is 4.12. The standard InChI is InChI=1S/C22H21BrN4O4S/c1-5-32-22-24-20-19(25-26-22)15-11-14(23)7-8-16(15)27(12(2)28)21(31-20)13-6-9-17(29-3)18(10-13)30-4/h6-11,21H,5H2,1-4H3/t21-/m0/s1. The van der Waals surface area contributed by atoms with Gasteiger partial charge >= 0.3 is 0 Å². The number of carbonyl (C=O) groups excluding carboxylic acids is 1. The fourth-order valence-electron chi connectivity index (χ4n) is 3.49. The van der Waals surface area contributed by atoms with Crippen LogP contribution in [0.4, 0.5) is 5.69 Å². The lowest BCUT2D eigenvalue weighted by atomic mass is 10.1. The van der Waals surface area contributed by atoms with E-state index in [1.54, 1.807) is 31.3 Å². The molecule has 8 nitrogen and oxygen atoms in total. The Hall–Kier alpha value is -2.85. The van der Waals surface area contributed by atoms with Crippen molar-refractivity contribution in [3.8, 4) is 28.6 Å². The van der Waals surface area contributed by atoms with Gasteiger partial charge in [0.2, 0.25) is 23.2 Å². The number of thioether (sulfide) groups is 1. The third-order valence-electron chi connectivity index (χ3n) is 4.87. The molecule has 1 aliphatic rings. The molecule has 0 spiro atoms. The van der Waals surface area contributed by atoms with Crippen LogP contribution in [0.2, 0.25) is 0 Å². The summed E-state index contributed by atoms with van der Waals surface area (Å²) in [6.45, 7) is 3.51. The highest BCUT2D eigenvalue weighted by atomic mass is 79.9. The maximum atomic E-state index is 12.9. The Morgan fingerprint density at radius 2 is 1.94 bits per heavy atom. The van der Waals surface area contributed by atoms with Gasteiger partial charge in [0.25, 0.3) is 0 Å². The second-order valence-corrected chi connectivity index (χ2v) is 8.96. The van der Waals surface area contributed by atoms with E-state index >= 15 is 0 Å². The molecule has 0 saturated heterocycles. The highest BCUT2D eigenvalue weighted by Gasteiger charge is 2.35. The Morgan fingerprint density at radius 1 is 1.16 bits per heavy atom. The Labute approximate surface area is 198 Å². The Morgan fingerprint density at radius 3 is 2.62 bits per heavy atom. The van der Waals surface area contributed by atoms with Gasteiger partial charge in [0.15, 0.2) is 17.2 Å². The van der Waals surface area contributed by atoms with E-state index in [9.17, 15) is 4.79 Å². The molecular formula is C22H21BrN4O4S. The highest BCUT2D eigenvalue weighted by Crippen LogP contribution is 2.45. The average molecular weight is 517 g/mol. The topological polar surface area (TPSA) is 86.7 Å². The van der Waals surface area contributed by atoms with Crippen molar-refractivity contribution in [2.24, 2.45) is 0 Å². The van der Waals surface area contributed by atoms with E-state index in [0.717, 1.165) is 10.2 Å². The zero-order chi connectivity index (χ0) is 22.8. The van der Waals surface area contributed by atoms with E-state index in [2.05, 4.69) is 31.1 Å². The molecule has 0 N–H and O–H groups in total. The number of hydrogen-bond acceptors (Lipinski definition) is 8. The van der Waals surface area contributed by atoms with Crippen LogP contribution in [0.5, 0.6) is 17.4 Å². The van der Waals surface area contributed by atoms with Crippen molar-refractivity contribution in [3.63, 3.8) is 0 Å². The van der Waals surface area contributed by atoms with Gasteiger partial charge in [-0.15, -0.1) is 10.2 Å². The van der Waals surface area contributed by atoms with Crippen LogP contribution in [0.25, 0.3) is 11.3 Å². The van der Waals surface area contributed by atoms with Crippen LogP contribution >= 0.6 is 27.7 Å². The number of ether oxygens (including phenoxy) is 3. The molecule has 0 saturated carbocycles. The van der Waals surface area contributed by atoms with Gasteiger partial charge in [-0.25, -0.2) is 0 Å². The Bertz CT molecular complexity index is 1180. The van der Waals surface area contributed by atoms with E-state index in [0.29, 0.717) is 45.0 Å². The SMILES string of the molecule is CCSc1nnc2c(n1)O[C@@H](c1ccc(OC)c(OC)c1)N(C(C)=O)c1ccc(Br)cc1-2. The summed E-state index contributed by atoms with van der Waals surface area (Å²) in [7, 11) is 3.13. The fourth-order valence-corrected chi connectivity index (χ4v) is 4.36. The molecule has 2 heterocycles. The van der Waals surface area contributed by atoms with Crippen molar-refractivity contribution in [2.45, 2.75) is 25.2 Å². The molecule has 3 aromatic rings. The van der Waals surface area contributed by atoms with Crippen LogP contribution in [0.15, 0.2) is 46.0 Å². The van der Waals surface area contributed by atoms with Crippen LogP contribution in [0.1, 0.15) is 25.6 Å². The minimum absolute atomic E-state index is 0.197. The minimum Gasteiger partial charge on any atom is -0.493 e. The summed E-state index contributed by atoms with van der Waals surface area (Å²) >= 11 is 4.97. The summed E-state index contributed by atoms with van der Waals surface area (Å²) in [6, 6.07) is 11.0. The molecule has 0 unspecified atom stereocenters. The molecule has 1 aliphatic heterocycles. The molecule has 1 aromatic heterocycles. The van der Waals surface area contributed by atoms with Crippen molar-refractivity contribution in [1.29, 1.82) is 0 Å². The van der Waals surface area contributed by atoms with Gasteiger partial charge in [-0.2, -0.15) is 4.98 Å². The van der Waals surface area contributed by atoms with Gasteiger partial charge in [-0.1, -0.05) is 34.6 Å². The van der Waals surface area contributed by atoms with Crippen molar-refractivity contribution >= 4 is 39.3 Å². The molecule has 10 heteroatoms. The maximum Gasteiger partial charge on any atom is 0.247 e. The summed E-state index contributed by atoms with van der Waals surface area (Å²) in [6.07, 6.45) is -0.801. The number of carbonyl (C=O) groups is 1. The molecule has 0 fully saturated rings. The van der Waals surface area contributed by atoms with E-state index in [-0.39, 0.29) is 5.91 Å². The first-order chi connectivity index (χ1) is 15.5. The monoisotopic (exact) mass is 516 g/mol. The molecule has 166 valence electrons. The van der Waals surface area contributed by atoms with Gasteiger partial charge < -0.3 is 14.2 Å². The minimum atomic E-state index is -0.801. The van der Waals surface area contributed by atoms with E-state index in [1.807, 2.05) is 31.2 Å². The number of nitrogens with zero attached hydrogens (tertiary/aromatic N) is 4. The molecule has 1 amide bonds. The number of benzene rings is 2. The first-order valence-electron chi connectivity index (χ1n) is 9.82. The lowest BCUT2D eigenvalue weighted by molar-refractivity contribution is -0.118. The van der Waals surface area contributed by atoms with Crippen LogP contribution in [0, 0.1) is 0 Å². The van der Waals surface area contributed by atoms with Gasteiger partial charge in [0, 0.05) is 22.5 Å². The first kappa shape index (κ1) is 22.3. The number of anilines is 1. The largest absolute Gasteiger partial charge is 0.493 e. The van der Waals surface area contributed by atoms with Crippen molar-refractivity contribution in [3.05, 3.63) is 46.4 Å². The normalized spacial score (nSPS) is 14.7. The van der Waals surface area contributed by atoms with Gasteiger partial charge in [0.05, 0.1) is 19.9 Å². The first-order valence-corrected chi connectivity index (χ1v) is 11.6. The second kappa shape index (κ2) is 9.33. The number of aromatic nitrogens is 3. The number of rotatable bonds is 5. The molecule has 0 bridgehead atoms. The molecule has 4 rings (SSSR count). The predicted molar refractivity (Wildman–Crippen MR) is 125 cm³/mol. The van der Waals surface area contributed by atoms with Crippen molar-refractivity contribution < 1.29 is 19.0 Å². The highest BCUT2D eigenvalue weighted by molar-refractivity contribution is 9.10. The average Bonchev–Trinajstić information content (AvgIpc) is 2.92. The summed E-state index contributed by atoms with van der Waals surface area (Å²) < 4.78 is 18.0. The van der Waals surface area contributed by atoms with Gasteiger partial charge in [-0.05, 0) is 42.2 Å². The van der Waals surface area contributed by atoms with E-state index in [1.165, 1.54) is 18.7 Å². The molecule has 2 aromatic carbocycles. The Kier molecular flexibility index (Phi) is 6.52. The summed E-state index contributed by atoms with van der Waals surface area (Å²) in [5.41, 5.74) is 2.51. The predicted octanol–water partition coefficient (Wildman–Crippen LogP) is 4.87. The zero-order valence-corrected chi connectivity index (χ0v) is 20.4. The number of halogens is 1. The number of methoxy groups -OCH3 is 2. The van der Waals surface area contributed by atoms with E-state index < -0.39 is 6.23 Å². The molecule has 0 aliphatic carbocycles. The quantitative estimate of drug-likeness (QED) is 0.443. The number of amides is 1. The zero-order valence-electron chi connectivity index (χ0n) is 18.0. The van der Waals surface area contributed by atoms with Crippen LogP contribution in [-0.2, 0) is 4.79 Å². The van der Waals surface area contributed by atoms with Gasteiger partial charge in [-0.3, -0.25) is 9.69 Å². The molecular weight excluding hydrogens is 496 g/mol. The fraction of sp³-hybridized carbons (Fsp3) is 0.273. The lowest BCUT2D eigenvalue weighted by Crippen LogP contribution is -2.36. The van der Waals surface area contributed by atoms with E-state index in [4.69, 9.17) is 14.2 Å². The maximum absolute atomic E-state index is 12.9. The molecule has 0 radical (unpaired) electrons. The number of hydrogen-bond donors (Lipinski definition) is 0. The third-order valence-corrected chi connectivity index (χ3v) is 6.08. The summed E-state index contributed by atoms with van der Waals surface area (Å²) in [4.78, 5) is 19.1. The molecule has 32 heavy (non-hydrogen) atoms. The Balaban J connectivity index is 1.95. The molecule has 1 atom stereocenters. The van der Waals surface area contributed by atoms with Crippen LogP contribution < -0.4 is 19.1 Å². The second-order valence-electron chi connectivity index (χ2n) is 6.82.